The summed E-state index contributed by atoms with van der Waals surface area (Å²) >= 11 is 0. The highest BCUT2D eigenvalue weighted by atomic mass is 19.3. The molecule has 0 fully saturated rings. The van der Waals surface area contributed by atoms with Gasteiger partial charge in [-0.05, 0) is 69.0 Å². The normalized spacial score (nSPS) is 12.1. The summed E-state index contributed by atoms with van der Waals surface area (Å²) < 4.78 is 37.3. The van der Waals surface area contributed by atoms with Gasteiger partial charge in [0.1, 0.15) is 12.4 Å². The molecule has 2 aromatic rings. The van der Waals surface area contributed by atoms with Crippen molar-refractivity contribution in [2.24, 2.45) is 0 Å². The molecule has 2 amide bonds. The van der Waals surface area contributed by atoms with Crippen LogP contribution < -0.4 is 10.1 Å². The highest BCUT2D eigenvalue weighted by Crippen LogP contribution is 2.20. The van der Waals surface area contributed by atoms with Crippen molar-refractivity contribution in [2.45, 2.75) is 58.5 Å². The molecule has 9 heteroatoms. The first kappa shape index (κ1) is 29.0. The Morgan fingerprint density at radius 2 is 1.83 bits per heavy atom. The molecular weight excluding hydrogens is 470 g/mol. The second-order valence-electron chi connectivity index (χ2n) is 8.79. The first-order valence-electron chi connectivity index (χ1n) is 12.1. The lowest BCUT2D eigenvalue weighted by molar-refractivity contribution is -0.149. The predicted molar refractivity (Wildman–Crippen MR) is 135 cm³/mol. The van der Waals surface area contributed by atoms with E-state index in [9.17, 15) is 23.5 Å². The number of nitrogens with zero attached hydrogens (tertiary/aromatic N) is 1. The number of carboxylic acids is 1. The van der Waals surface area contributed by atoms with E-state index >= 15 is 0 Å². The number of carbonyl (C=O) groups excluding carboxylic acids is 1. The van der Waals surface area contributed by atoms with Crippen molar-refractivity contribution in [3.05, 3.63) is 59.7 Å². The number of halogens is 2. The van der Waals surface area contributed by atoms with Gasteiger partial charge in [-0.25, -0.2) is 18.4 Å². The van der Waals surface area contributed by atoms with Crippen molar-refractivity contribution in [3.8, 4) is 5.75 Å². The van der Waals surface area contributed by atoms with Gasteiger partial charge in [0, 0.05) is 31.7 Å². The van der Waals surface area contributed by atoms with Gasteiger partial charge < -0.3 is 24.8 Å². The summed E-state index contributed by atoms with van der Waals surface area (Å²) in [4.78, 5) is 25.7. The largest absolute Gasteiger partial charge is 0.492 e. The number of rotatable bonds is 15. The molecular formula is C27H36F2N2O5. The molecule has 0 aliphatic carbocycles. The minimum absolute atomic E-state index is 0.210. The number of carboxylic acid groups (broad SMARTS) is 1. The Morgan fingerprint density at radius 1 is 1.11 bits per heavy atom. The SMILES string of the molecule is CCOC(Cc1ccc(OCCN(CCCCC(C)(F)F)C(=O)Nc2cccc(C)c2)cc1)C(=O)O. The topological polar surface area (TPSA) is 88.1 Å². The summed E-state index contributed by atoms with van der Waals surface area (Å²) in [6.45, 7) is 5.69. The van der Waals surface area contributed by atoms with Gasteiger partial charge >= 0.3 is 12.0 Å². The lowest BCUT2D eigenvalue weighted by atomic mass is 10.1. The second kappa shape index (κ2) is 14.4. The molecule has 36 heavy (non-hydrogen) atoms. The number of unbranched alkanes of at least 4 members (excludes halogenated alkanes) is 1. The van der Waals surface area contributed by atoms with Crippen molar-refractivity contribution in [2.75, 3.05) is 31.6 Å². The second-order valence-corrected chi connectivity index (χ2v) is 8.79. The fraction of sp³-hybridized carbons (Fsp3) is 0.481. The zero-order chi connectivity index (χ0) is 26.6. The van der Waals surface area contributed by atoms with Crippen molar-refractivity contribution < 1.29 is 33.0 Å². The van der Waals surface area contributed by atoms with Gasteiger partial charge in [0.2, 0.25) is 5.92 Å². The van der Waals surface area contributed by atoms with Crippen molar-refractivity contribution in [1.29, 1.82) is 0 Å². The molecule has 2 aromatic carbocycles. The summed E-state index contributed by atoms with van der Waals surface area (Å²) in [6, 6.07) is 14.1. The van der Waals surface area contributed by atoms with Crippen LogP contribution in [0.25, 0.3) is 0 Å². The summed E-state index contributed by atoms with van der Waals surface area (Å²) in [5.74, 6) is -3.16. The molecule has 0 bridgehead atoms. The fourth-order valence-corrected chi connectivity index (χ4v) is 3.61. The van der Waals surface area contributed by atoms with E-state index in [2.05, 4.69) is 5.32 Å². The highest BCUT2D eigenvalue weighted by Gasteiger charge is 2.21. The molecule has 0 aromatic heterocycles. The van der Waals surface area contributed by atoms with E-state index in [1.807, 2.05) is 25.1 Å². The fourth-order valence-electron chi connectivity index (χ4n) is 3.61. The number of amides is 2. The number of hydrogen-bond donors (Lipinski definition) is 2. The van der Waals surface area contributed by atoms with E-state index in [0.717, 1.165) is 18.1 Å². The van der Waals surface area contributed by atoms with Crippen molar-refractivity contribution >= 4 is 17.7 Å². The number of aliphatic carboxylic acids is 1. The summed E-state index contributed by atoms with van der Waals surface area (Å²) in [6.07, 6.45) is -0.138. The van der Waals surface area contributed by atoms with Gasteiger partial charge in [-0.2, -0.15) is 0 Å². The standard InChI is InChI=1S/C27H36F2N2O5/c1-4-35-24(25(32)33)19-21-10-12-23(13-11-21)36-17-16-31(15-6-5-14-27(3,28)29)26(34)30-22-9-7-8-20(2)18-22/h7-13,18,24H,4-6,14-17,19H2,1-3H3,(H,30,34)(H,32,33). The molecule has 0 aliphatic heterocycles. The molecule has 0 saturated heterocycles. The van der Waals surface area contributed by atoms with Crippen LogP contribution in [0.5, 0.6) is 5.75 Å². The number of ether oxygens (including phenoxy) is 2. The Morgan fingerprint density at radius 3 is 2.44 bits per heavy atom. The van der Waals surface area contributed by atoms with E-state index in [0.29, 0.717) is 37.4 Å². The summed E-state index contributed by atoms with van der Waals surface area (Å²) in [5, 5.41) is 12.1. The van der Waals surface area contributed by atoms with E-state index < -0.39 is 18.0 Å². The Bertz CT molecular complexity index is 963. The van der Waals surface area contributed by atoms with Crippen LogP contribution in [0, 0.1) is 6.92 Å². The molecule has 0 spiro atoms. The van der Waals surface area contributed by atoms with Crippen molar-refractivity contribution in [3.63, 3.8) is 0 Å². The van der Waals surface area contributed by atoms with E-state index in [-0.39, 0.29) is 32.0 Å². The lowest BCUT2D eigenvalue weighted by Crippen LogP contribution is -2.38. The minimum atomic E-state index is -2.73. The molecule has 2 N–H and O–H groups in total. The number of anilines is 1. The molecule has 1 unspecified atom stereocenters. The van der Waals surface area contributed by atoms with Crippen LogP contribution >= 0.6 is 0 Å². The molecule has 198 valence electrons. The molecule has 0 heterocycles. The first-order chi connectivity index (χ1) is 17.1. The molecule has 0 radical (unpaired) electrons. The monoisotopic (exact) mass is 506 g/mol. The zero-order valence-electron chi connectivity index (χ0n) is 21.1. The molecule has 0 aliphatic rings. The van der Waals surface area contributed by atoms with Crippen LogP contribution in [0.15, 0.2) is 48.5 Å². The van der Waals surface area contributed by atoms with Crippen LogP contribution in [0.2, 0.25) is 0 Å². The third-order valence-electron chi connectivity index (χ3n) is 5.47. The number of aryl methyl sites for hydroxylation is 1. The van der Waals surface area contributed by atoms with Gasteiger partial charge in [0.25, 0.3) is 0 Å². The quantitative estimate of drug-likeness (QED) is 0.300. The molecule has 2 rings (SSSR count). The van der Waals surface area contributed by atoms with Gasteiger partial charge in [-0.15, -0.1) is 0 Å². The predicted octanol–water partition coefficient (Wildman–Crippen LogP) is 5.77. The first-order valence-corrected chi connectivity index (χ1v) is 12.1. The van der Waals surface area contributed by atoms with Crippen LogP contribution in [0.1, 0.15) is 44.2 Å². The number of urea groups is 1. The van der Waals surface area contributed by atoms with Crippen LogP contribution in [-0.2, 0) is 16.0 Å². The zero-order valence-corrected chi connectivity index (χ0v) is 21.1. The van der Waals surface area contributed by atoms with E-state index in [1.165, 1.54) is 0 Å². The minimum Gasteiger partial charge on any atom is -0.492 e. The van der Waals surface area contributed by atoms with Crippen LogP contribution in [0.4, 0.5) is 19.3 Å². The average Bonchev–Trinajstić information content (AvgIpc) is 2.80. The van der Waals surface area contributed by atoms with Gasteiger partial charge in [-0.3, -0.25) is 0 Å². The lowest BCUT2D eigenvalue weighted by Gasteiger charge is -2.24. The number of benzene rings is 2. The number of alkyl halides is 2. The molecule has 1 atom stereocenters. The van der Waals surface area contributed by atoms with Crippen molar-refractivity contribution in [1.82, 2.24) is 4.90 Å². The number of hydrogen-bond acceptors (Lipinski definition) is 4. The Kier molecular flexibility index (Phi) is 11.6. The molecule has 0 saturated carbocycles. The molecule has 7 nitrogen and oxygen atoms in total. The maximum Gasteiger partial charge on any atom is 0.333 e. The maximum atomic E-state index is 13.1. The van der Waals surface area contributed by atoms with Gasteiger partial charge in [-0.1, -0.05) is 24.3 Å². The maximum absolute atomic E-state index is 13.1. The third-order valence-corrected chi connectivity index (χ3v) is 5.47. The van der Waals surface area contributed by atoms with Gasteiger partial charge in [0.05, 0.1) is 6.54 Å². The third kappa shape index (κ3) is 11.0. The Labute approximate surface area is 211 Å². The van der Waals surface area contributed by atoms with Gasteiger partial charge in [0.15, 0.2) is 6.10 Å². The van der Waals surface area contributed by atoms with E-state index in [1.54, 1.807) is 42.2 Å². The number of nitrogens with one attached hydrogen (secondary N) is 1. The van der Waals surface area contributed by atoms with Crippen LogP contribution in [0.3, 0.4) is 0 Å². The average molecular weight is 507 g/mol. The summed E-state index contributed by atoms with van der Waals surface area (Å²) in [5.41, 5.74) is 2.47. The summed E-state index contributed by atoms with van der Waals surface area (Å²) in [7, 11) is 0. The van der Waals surface area contributed by atoms with E-state index in [4.69, 9.17) is 9.47 Å². The Hall–Kier alpha value is -3.20. The van der Waals surface area contributed by atoms with Crippen LogP contribution in [-0.4, -0.2) is 60.3 Å². The Balaban J connectivity index is 1.92. The highest BCUT2D eigenvalue weighted by molar-refractivity contribution is 5.89. The number of carbonyl (C=O) groups is 2. The smallest absolute Gasteiger partial charge is 0.333 e.